The first-order chi connectivity index (χ1) is 10.6. The molecule has 6 nitrogen and oxygen atoms in total. The average Bonchev–Trinajstić information content (AvgIpc) is 2.96. The number of imidazole rings is 1. The maximum Gasteiger partial charge on any atom is 0.222 e. The molecule has 2 aromatic heterocycles. The van der Waals surface area contributed by atoms with Crippen LogP contribution in [0.25, 0.3) is 11.2 Å². The Morgan fingerprint density at radius 3 is 3.05 bits per heavy atom. The Morgan fingerprint density at radius 1 is 1.45 bits per heavy atom. The van der Waals surface area contributed by atoms with Crippen molar-refractivity contribution in [2.45, 2.75) is 32.8 Å². The van der Waals surface area contributed by atoms with Crippen molar-refractivity contribution in [2.24, 2.45) is 5.92 Å². The Balaban J connectivity index is 1.59. The molecule has 0 saturated carbocycles. The van der Waals surface area contributed by atoms with Crippen LogP contribution < -0.4 is 5.73 Å². The molecule has 0 aliphatic heterocycles. The normalized spacial score (nSPS) is 18.4. The van der Waals surface area contributed by atoms with E-state index in [1.54, 1.807) is 6.33 Å². The molecule has 0 fully saturated rings. The highest BCUT2D eigenvalue weighted by Gasteiger charge is 2.15. The number of anilines is 1. The number of nitrogen functional groups attached to an aromatic ring is 1. The molecule has 116 valence electrons. The summed E-state index contributed by atoms with van der Waals surface area (Å²) in [5.41, 5.74) is 10.4. The van der Waals surface area contributed by atoms with Gasteiger partial charge in [0.1, 0.15) is 5.52 Å². The van der Waals surface area contributed by atoms with E-state index in [0.717, 1.165) is 30.5 Å². The fraction of sp³-hybridized carbons (Fsp3) is 0.438. The molecule has 3 N–H and O–H groups in total. The summed E-state index contributed by atoms with van der Waals surface area (Å²) in [5, 5.41) is 0. The summed E-state index contributed by atoms with van der Waals surface area (Å²) >= 11 is 0. The number of aromatic nitrogens is 4. The van der Waals surface area contributed by atoms with Crippen LogP contribution in [-0.4, -0.2) is 26.5 Å². The number of allylic oxidation sites excluding steroid dienone is 2. The number of hydrogen-bond acceptors (Lipinski definition) is 5. The van der Waals surface area contributed by atoms with Crippen molar-refractivity contribution in [3.05, 3.63) is 35.8 Å². The lowest BCUT2D eigenvalue weighted by Crippen LogP contribution is -2.10. The quantitative estimate of drug-likeness (QED) is 0.829. The number of rotatable bonds is 5. The molecule has 2 heterocycles. The average molecular weight is 299 g/mol. The zero-order valence-electron chi connectivity index (χ0n) is 12.8. The van der Waals surface area contributed by atoms with Crippen molar-refractivity contribution in [2.75, 3.05) is 12.3 Å². The fourth-order valence-corrected chi connectivity index (χ4v) is 2.76. The van der Waals surface area contributed by atoms with Gasteiger partial charge in [0.15, 0.2) is 5.65 Å². The molecule has 1 aliphatic rings. The van der Waals surface area contributed by atoms with E-state index in [4.69, 9.17) is 10.5 Å². The molecule has 1 atom stereocenters. The van der Waals surface area contributed by atoms with Crippen molar-refractivity contribution in [1.82, 2.24) is 19.9 Å². The third-order valence-electron chi connectivity index (χ3n) is 4.11. The lowest BCUT2D eigenvalue weighted by Gasteiger charge is -2.22. The van der Waals surface area contributed by atoms with E-state index in [9.17, 15) is 0 Å². The molecule has 2 aromatic rings. The van der Waals surface area contributed by atoms with Crippen molar-refractivity contribution in [3.8, 4) is 0 Å². The van der Waals surface area contributed by atoms with Gasteiger partial charge in [0.2, 0.25) is 5.95 Å². The van der Waals surface area contributed by atoms with Crippen molar-refractivity contribution in [3.63, 3.8) is 0 Å². The van der Waals surface area contributed by atoms with Gasteiger partial charge >= 0.3 is 0 Å². The van der Waals surface area contributed by atoms with E-state index in [0.29, 0.717) is 24.8 Å². The molecular formula is C16H21N5O. The van der Waals surface area contributed by atoms with Gasteiger partial charge in [0.05, 0.1) is 25.2 Å². The van der Waals surface area contributed by atoms with Gasteiger partial charge in [-0.25, -0.2) is 9.97 Å². The lowest BCUT2D eigenvalue weighted by atomic mass is 9.86. The van der Waals surface area contributed by atoms with Crippen LogP contribution in [0.5, 0.6) is 0 Å². The second kappa shape index (κ2) is 6.27. The van der Waals surface area contributed by atoms with Gasteiger partial charge in [-0.3, -0.25) is 0 Å². The molecule has 3 rings (SSSR count). The van der Waals surface area contributed by atoms with E-state index in [1.807, 2.05) is 0 Å². The van der Waals surface area contributed by atoms with Crippen LogP contribution in [0.4, 0.5) is 5.95 Å². The van der Waals surface area contributed by atoms with Crippen LogP contribution in [0.15, 0.2) is 30.1 Å². The Kier molecular flexibility index (Phi) is 4.20. The Bertz CT molecular complexity index is 718. The van der Waals surface area contributed by atoms with Gasteiger partial charge < -0.3 is 15.5 Å². The summed E-state index contributed by atoms with van der Waals surface area (Å²) in [5.74, 6) is 0.842. The number of hydrogen-bond donors (Lipinski definition) is 2. The molecule has 0 saturated heterocycles. The van der Waals surface area contributed by atoms with Crippen molar-refractivity contribution < 1.29 is 4.74 Å². The smallest absolute Gasteiger partial charge is 0.222 e. The van der Waals surface area contributed by atoms with Crippen LogP contribution in [0.1, 0.15) is 31.9 Å². The van der Waals surface area contributed by atoms with E-state index >= 15 is 0 Å². The van der Waals surface area contributed by atoms with E-state index < -0.39 is 0 Å². The highest BCUT2D eigenvalue weighted by molar-refractivity contribution is 5.73. The lowest BCUT2D eigenvalue weighted by molar-refractivity contribution is 0.137. The summed E-state index contributed by atoms with van der Waals surface area (Å²) in [6.07, 6.45) is 7.17. The molecule has 0 aromatic carbocycles. The predicted octanol–water partition coefficient (Wildman–Crippen LogP) is 2.75. The number of ether oxygens (including phenoxy) is 1. The second-order valence-corrected chi connectivity index (χ2v) is 5.80. The molecule has 0 radical (unpaired) electrons. The van der Waals surface area contributed by atoms with Crippen LogP contribution in [-0.2, 0) is 11.3 Å². The molecule has 22 heavy (non-hydrogen) atoms. The second-order valence-electron chi connectivity index (χ2n) is 5.80. The third kappa shape index (κ3) is 3.17. The van der Waals surface area contributed by atoms with E-state index in [2.05, 4.69) is 39.5 Å². The highest BCUT2D eigenvalue weighted by Crippen LogP contribution is 2.28. The molecular weight excluding hydrogens is 278 g/mol. The first-order valence-corrected chi connectivity index (χ1v) is 7.50. The van der Waals surface area contributed by atoms with Crippen LogP contribution in [0.3, 0.4) is 0 Å². The molecule has 1 unspecified atom stereocenters. The third-order valence-corrected chi connectivity index (χ3v) is 4.11. The van der Waals surface area contributed by atoms with E-state index in [1.165, 1.54) is 11.1 Å². The monoisotopic (exact) mass is 299 g/mol. The van der Waals surface area contributed by atoms with Crippen molar-refractivity contribution >= 4 is 17.1 Å². The first-order valence-electron chi connectivity index (χ1n) is 7.50. The molecule has 1 aliphatic carbocycles. The number of fused-ring (bicyclic) bond motifs is 1. The Hall–Kier alpha value is -2.21. The standard InChI is InChI=1S/C16H21N5O/c1-10(2)12-5-3-11(4-6-12)7-22-8-13-14-15(19-9-18-14)21-16(17)20-13/h3,9,12H,1,4-8H2,2H3,(H3,17,18,19,20,21). The summed E-state index contributed by atoms with van der Waals surface area (Å²) in [4.78, 5) is 15.4. The van der Waals surface area contributed by atoms with Gasteiger partial charge in [-0.2, -0.15) is 4.98 Å². The SMILES string of the molecule is C=C(C)C1CC=C(COCc2nc(N)nc3nc[nH]c23)CC1. The van der Waals surface area contributed by atoms with Gasteiger partial charge in [0, 0.05) is 0 Å². The number of H-pyrrole nitrogens is 1. The number of nitrogens with one attached hydrogen (secondary N) is 1. The maximum absolute atomic E-state index is 5.80. The summed E-state index contributed by atoms with van der Waals surface area (Å²) in [6.45, 7) is 7.17. The Morgan fingerprint density at radius 2 is 2.32 bits per heavy atom. The Labute approximate surface area is 129 Å². The predicted molar refractivity (Wildman–Crippen MR) is 86.0 cm³/mol. The summed E-state index contributed by atoms with van der Waals surface area (Å²) < 4.78 is 5.80. The minimum Gasteiger partial charge on any atom is -0.371 e. The van der Waals surface area contributed by atoms with Crippen LogP contribution in [0.2, 0.25) is 0 Å². The zero-order valence-corrected chi connectivity index (χ0v) is 12.8. The minimum absolute atomic E-state index is 0.222. The van der Waals surface area contributed by atoms with Crippen molar-refractivity contribution in [1.29, 1.82) is 0 Å². The van der Waals surface area contributed by atoms with Gasteiger partial charge in [-0.15, -0.1) is 0 Å². The van der Waals surface area contributed by atoms with Crippen LogP contribution >= 0.6 is 0 Å². The van der Waals surface area contributed by atoms with E-state index in [-0.39, 0.29) is 5.95 Å². The fourth-order valence-electron chi connectivity index (χ4n) is 2.76. The topological polar surface area (TPSA) is 89.7 Å². The highest BCUT2D eigenvalue weighted by atomic mass is 16.5. The van der Waals surface area contributed by atoms with Gasteiger partial charge in [-0.1, -0.05) is 18.2 Å². The molecule has 0 amide bonds. The molecule has 6 heteroatoms. The maximum atomic E-state index is 5.80. The summed E-state index contributed by atoms with van der Waals surface area (Å²) in [7, 11) is 0. The number of nitrogens with two attached hydrogens (primary N) is 1. The largest absolute Gasteiger partial charge is 0.371 e. The van der Waals surface area contributed by atoms with Crippen LogP contribution in [0, 0.1) is 5.92 Å². The molecule has 0 bridgehead atoms. The van der Waals surface area contributed by atoms with Gasteiger partial charge in [0.25, 0.3) is 0 Å². The van der Waals surface area contributed by atoms with Gasteiger partial charge in [-0.05, 0) is 37.7 Å². The minimum atomic E-state index is 0.222. The first kappa shape index (κ1) is 14.7. The summed E-state index contributed by atoms with van der Waals surface area (Å²) in [6, 6.07) is 0. The number of nitrogens with zero attached hydrogens (tertiary/aromatic N) is 3. The molecule has 0 spiro atoms. The zero-order chi connectivity index (χ0) is 15.5. The number of aromatic amines is 1.